The number of halogens is 1. The van der Waals surface area contributed by atoms with Crippen LogP contribution in [0.2, 0.25) is 5.02 Å². The highest BCUT2D eigenvalue weighted by molar-refractivity contribution is 6.33. The van der Waals surface area contributed by atoms with Crippen molar-refractivity contribution >= 4 is 28.9 Å². The van der Waals surface area contributed by atoms with Crippen LogP contribution in [0.3, 0.4) is 0 Å². The van der Waals surface area contributed by atoms with Crippen molar-refractivity contribution in [3.05, 3.63) is 33.3 Å². The van der Waals surface area contributed by atoms with Crippen molar-refractivity contribution in [2.75, 3.05) is 11.4 Å². The van der Waals surface area contributed by atoms with Gasteiger partial charge >= 0.3 is 5.97 Å². The molecule has 0 aliphatic carbocycles. The molecular formula is C13H15ClN2O4. The third-order valence-corrected chi connectivity index (χ3v) is 3.79. The molecule has 1 heterocycles. The van der Waals surface area contributed by atoms with Gasteiger partial charge in [-0.3, -0.25) is 14.9 Å². The van der Waals surface area contributed by atoms with Gasteiger partial charge in [0.25, 0.3) is 5.69 Å². The van der Waals surface area contributed by atoms with Crippen LogP contribution in [0.1, 0.15) is 25.7 Å². The Morgan fingerprint density at radius 2 is 2.25 bits per heavy atom. The van der Waals surface area contributed by atoms with E-state index in [2.05, 4.69) is 0 Å². The molecule has 1 aliphatic heterocycles. The van der Waals surface area contributed by atoms with Crippen LogP contribution in [0.4, 0.5) is 11.4 Å². The van der Waals surface area contributed by atoms with Gasteiger partial charge < -0.3 is 10.0 Å². The minimum absolute atomic E-state index is 0.0489. The summed E-state index contributed by atoms with van der Waals surface area (Å²) in [5, 5.41) is 20.0. The summed E-state index contributed by atoms with van der Waals surface area (Å²) in [5.41, 5.74) is 0.605. The molecule has 1 fully saturated rings. The summed E-state index contributed by atoms with van der Waals surface area (Å²) in [6.07, 6.45) is 2.79. The number of nitro groups is 1. The first kappa shape index (κ1) is 14.6. The van der Waals surface area contributed by atoms with Crippen molar-refractivity contribution in [3.63, 3.8) is 0 Å². The predicted molar refractivity (Wildman–Crippen MR) is 75.3 cm³/mol. The maximum atomic E-state index is 10.9. The standard InChI is InChI=1S/C13H15ClN2O4/c14-11-7-10(16(19)20)4-5-12(11)15-6-2-1-3-9(15)8-13(17)18/h4-5,7,9H,1-3,6,8H2,(H,17,18). The molecule has 0 saturated carbocycles. The Morgan fingerprint density at radius 3 is 2.85 bits per heavy atom. The zero-order valence-corrected chi connectivity index (χ0v) is 11.5. The molecule has 1 atom stereocenters. The average Bonchev–Trinajstić information content (AvgIpc) is 2.39. The number of benzene rings is 1. The number of non-ortho nitro benzene ring substituents is 1. The number of aliphatic carboxylic acids is 1. The predicted octanol–water partition coefficient (Wildman–Crippen LogP) is 3.08. The summed E-state index contributed by atoms with van der Waals surface area (Å²) in [4.78, 5) is 23.1. The highest BCUT2D eigenvalue weighted by Gasteiger charge is 2.26. The lowest BCUT2D eigenvalue weighted by Gasteiger charge is -2.37. The fourth-order valence-electron chi connectivity index (χ4n) is 2.57. The number of carboxylic acid groups (broad SMARTS) is 1. The first-order valence-corrected chi connectivity index (χ1v) is 6.79. The molecule has 0 radical (unpaired) electrons. The monoisotopic (exact) mass is 298 g/mol. The summed E-state index contributed by atoms with van der Waals surface area (Å²) in [6, 6.07) is 4.19. The Hall–Kier alpha value is -1.82. The number of hydrogen-bond donors (Lipinski definition) is 1. The van der Waals surface area contributed by atoms with Gasteiger partial charge in [0.15, 0.2) is 0 Å². The number of nitrogens with zero attached hydrogens (tertiary/aromatic N) is 2. The highest BCUT2D eigenvalue weighted by Crippen LogP contribution is 2.34. The minimum atomic E-state index is -0.847. The van der Waals surface area contributed by atoms with Gasteiger partial charge in [0, 0.05) is 24.7 Å². The molecule has 108 valence electrons. The summed E-state index contributed by atoms with van der Waals surface area (Å²) in [6.45, 7) is 0.718. The van der Waals surface area contributed by atoms with Crippen LogP contribution in [0.25, 0.3) is 0 Å². The molecule has 0 amide bonds. The summed E-state index contributed by atoms with van der Waals surface area (Å²) in [5.74, 6) is -0.847. The van der Waals surface area contributed by atoms with Gasteiger partial charge in [0.2, 0.25) is 0 Å². The van der Waals surface area contributed by atoms with E-state index in [-0.39, 0.29) is 23.2 Å². The van der Waals surface area contributed by atoms with E-state index in [0.29, 0.717) is 5.69 Å². The van der Waals surface area contributed by atoms with E-state index in [0.717, 1.165) is 25.8 Å². The van der Waals surface area contributed by atoms with Crippen LogP contribution in [-0.2, 0) is 4.79 Å². The second-order valence-electron chi connectivity index (χ2n) is 4.83. The number of anilines is 1. The van der Waals surface area contributed by atoms with Gasteiger partial charge in [-0.05, 0) is 25.3 Å². The van der Waals surface area contributed by atoms with E-state index in [9.17, 15) is 14.9 Å². The number of hydrogen-bond acceptors (Lipinski definition) is 4. The maximum absolute atomic E-state index is 10.9. The van der Waals surface area contributed by atoms with Gasteiger partial charge in [-0.2, -0.15) is 0 Å². The molecule has 20 heavy (non-hydrogen) atoms. The number of nitro benzene ring substituents is 1. The van der Waals surface area contributed by atoms with Crippen LogP contribution < -0.4 is 4.90 Å². The molecule has 1 aromatic rings. The quantitative estimate of drug-likeness (QED) is 0.682. The summed E-state index contributed by atoms with van der Waals surface area (Å²) >= 11 is 6.12. The molecule has 1 N–H and O–H groups in total. The molecule has 6 nitrogen and oxygen atoms in total. The average molecular weight is 299 g/mol. The van der Waals surface area contributed by atoms with Crippen molar-refractivity contribution in [3.8, 4) is 0 Å². The Balaban J connectivity index is 2.27. The third kappa shape index (κ3) is 3.19. The molecule has 0 aromatic heterocycles. The van der Waals surface area contributed by atoms with Crippen molar-refractivity contribution in [2.45, 2.75) is 31.7 Å². The second-order valence-corrected chi connectivity index (χ2v) is 5.24. The van der Waals surface area contributed by atoms with E-state index >= 15 is 0 Å². The Bertz CT molecular complexity index is 535. The number of carbonyl (C=O) groups is 1. The van der Waals surface area contributed by atoms with Gasteiger partial charge in [-0.1, -0.05) is 11.6 Å². The Labute approximate surface area is 121 Å². The van der Waals surface area contributed by atoms with Crippen LogP contribution in [0.5, 0.6) is 0 Å². The normalized spacial score (nSPS) is 18.9. The highest BCUT2D eigenvalue weighted by atomic mass is 35.5. The van der Waals surface area contributed by atoms with Crippen molar-refractivity contribution < 1.29 is 14.8 Å². The van der Waals surface area contributed by atoms with E-state index < -0.39 is 10.9 Å². The number of piperidine rings is 1. The fraction of sp³-hybridized carbons (Fsp3) is 0.462. The van der Waals surface area contributed by atoms with Crippen LogP contribution >= 0.6 is 11.6 Å². The summed E-state index contributed by atoms with van der Waals surface area (Å²) < 4.78 is 0. The molecule has 2 rings (SSSR count). The third-order valence-electron chi connectivity index (χ3n) is 3.49. The second kappa shape index (κ2) is 6.09. The van der Waals surface area contributed by atoms with Gasteiger partial charge in [-0.25, -0.2) is 0 Å². The van der Waals surface area contributed by atoms with Crippen molar-refractivity contribution in [1.82, 2.24) is 0 Å². The maximum Gasteiger partial charge on any atom is 0.305 e. The first-order valence-electron chi connectivity index (χ1n) is 6.41. The van der Waals surface area contributed by atoms with Crippen molar-refractivity contribution in [1.29, 1.82) is 0 Å². The van der Waals surface area contributed by atoms with Crippen LogP contribution in [-0.4, -0.2) is 28.6 Å². The lowest BCUT2D eigenvalue weighted by Crippen LogP contribution is -2.41. The molecule has 0 spiro atoms. The fourth-order valence-corrected chi connectivity index (χ4v) is 2.86. The lowest BCUT2D eigenvalue weighted by molar-refractivity contribution is -0.384. The lowest BCUT2D eigenvalue weighted by atomic mass is 9.98. The zero-order chi connectivity index (χ0) is 14.7. The Morgan fingerprint density at radius 1 is 1.50 bits per heavy atom. The smallest absolute Gasteiger partial charge is 0.305 e. The van der Waals surface area contributed by atoms with Crippen molar-refractivity contribution in [2.24, 2.45) is 0 Å². The number of carboxylic acids is 1. The molecule has 1 saturated heterocycles. The largest absolute Gasteiger partial charge is 0.481 e. The molecule has 1 unspecified atom stereocenters. The molecular weight excluding hydrogens is 284 g/mol. The van der Waals surface area contributed by atoms with Crippen LogP contribution in [0.15, 0.2) is 18.2 Å². The van der Waals surface area contributed by atoms with Gasteiger partial charge in [0.1, 0.15) is 0 Å². The molecule has 0 bridgehead atoms. The minimum Gasteiger partial charge on any atom is -0.481 e. The van der Waals surface area contributed by atoms with E-state index in [1.165, 1.54) is 12.1 Å². The van der Waals surface area contributed by atoms with Gasteiger partial charge in [-0.15, -0.1) is 0 Å². The number of rotatable bonds is 4. The van der Waals surface area contributed by atoms with E-state index in [1.807, 2.05) is 4.90 Å². The van der Waals surface area contributed by atoms with E-state index in [4.69, 9.17) is 16.7 Å². The molecule has 1 aromatic carbocycles. The zero-order valence-electron chi connectivity index (χ0n) is 10.8. The van der Waals surface area contributed by atoms with Gasteiger partial charge in [0.05, 0.1) is 22.1 Å². The summed E-state index contributed by atoms with van der Waals surface area (Å²) in [7, 11) is 0. The first-order chi connectivity index (χ1) is 9.49. The SMILES string of the molecule is O=C(O)CC1CCCCN1c1ccc([N+](=O)[O-])cc1Cl. The molecule has 1 aliphatic rings. The topological polar surface area (TPSA) is 83.7 Å². The Kier molecular flexibility index (Phi) is 4.44. The van der Waals surface area contributed by atoms with E-state index in [1.54, 1.807) is 6.07 Å². The molecule has 7 heteroatoms. The van der Waals surface area contributed by atoms with Crippen LogP contribution in [0, 0.1) is 10.1 Å².